The van der Waals surface area contributed by atoms with Gasteiger partial charge in [0.05, 0.1) is 0 Å². The van der Waals surface area contributed by atoms with Gasteiger partial charge in [-0.3, -0.25) is 9.78 Å². The summed E-state index contributed by atoms with van der Waals surface area (Å²) in [5.74, 6) is 0.182. The predicted octanol–water partition coefficient (Wildman–Crippen LogP) is 2.28. The van der Waals surface area contributed by atoms with Gasteiger partial charge in [-0.05, 0) is 30.2 Å². The van der Waals surface area contributed by atoms with Crippen molar-refractivity contribution in [2.24, 2.45) is 0 Å². The van der Waals surface area contributed by atoms with Gasteiger partial charge in [-0.1, -0.05) is 12.5 Å². The zero-order valence-corrected chi connectivity index (χ0v) is 9.17. The second kappa shape index (κ2) is 4.23. The minimum absolute atomic E-state index is 0.707. The normalized spacial score (nSPS) is 26.1. The monoisotopic (exact) mass is 223 g/mol. The van der Waals surface area contributed by atoms with E-state index in [2.05, 4.69) is 4.98 Å². The fourth-order valence-electron chi connectivity index (χ4n) is 1.92. The van der Waals surface area contributed by atoms with Crippen LogP contribution in [-0.2, 0) is 9.54 Å². The van der Waals surface area contributed by atoms with Crippen LogP contribution in [0.4, 0.5) is 0 Å². The average molecular weight is 223 g/mol. The van der Waals surface area contributed by atoms with Crippen molar-refractivity contribution in [1.29, 1.82) is 0 Å². The van der Waals surface area contributed by atoms with E-state index in [1.165, 1.54) is 11.8 Å². The first-order chi connectivity index (χ1) is 7.26. The molecule has 15 heavy (non-hydrogen) atoms. The Kier molecular flexibility index (Phi) is 2.95. The maximum absolute atomic E-state index is 11.4. The summed E-state index contributed by atoms with van der Waals surface area (Å²) in [7, 11) is 0. The molecule has 0 aromatic carbocycles. The molecule has 1 fully saturated rings. The topological polar surface area (TPSA) is 50.2 Å². The SMILES string of the molecule is O=C(O)[C@@]1(c2cccnc2)CCCCS1. The van der Waals surface area contributed by atoms with Gasteiger partial charge in [0.15, 0.2) is 0 Å². The smallest absolute Gasteiger partial charge is 0.324 e. The van der Waals surface area contributed by atoms with Crippen molar-refractivity contribution in [1.82, 2.24) is 4.98 Å². The fourth-order valence-corrected chi connectivity index (χ4v) is 3.31. The van der Waals surface area contributed by atoms with E-state index in [1.54, 1.807) is 18.5 Å². The van der Waals surface area contributed by atoms with Gasteiger partial charge in [-0.25, -0.2) is 0 Å². The molecule has 0 amide bonds. The highest BCUT2D eigenvalue weighted by molar-refractivity contribution is 8.01. The molecule has 0 aliphatic carbocycles. The lowest BCUT2D eigenvalue weighted by molar-refractivity contribution is -0.140. The third-order valence-corrected chi connectivity index (χ3v) is 4.35. The summed E-state index contributed by atoms with van der Waals surface area (Å²) in [5, 5.41) is 9.39. The second-order valence-electron chi connectivity index (χ2n) is 3.68. The Morgan fingerprint density at radius 2 is 2.40 bits per heavy atom. The molecule has 80 valence electrons. The van der Waals surface area contributed by atoms with Crippen LogP contribution in [0.3, 0.4) is 0 Å². The van der Waals surface area contributed by atoms with Crippen LogP contribution in [-0.4, -0.2) is 21.8 Å². The predicted molar refractivity (Wildman–Crippen MR) is 59.9 cm³/mol. The molecule has 2 heterocycles. The third-order valence-electron chi connectivity index (χ3n) is 2.74. The van der Waals surface area contributed by atoms with Crippen molar-refractivity contribution in [3.8, 4) is 0 Å². The van der Waals surface area contributed by atoms with E-state index in [0.29, 0.717) is 6.42 Å². The van der Waals surface area contributed by atoms with E-state index in [-0.39, 0.29) is 0 Å². The summed E-state index contributed by atoms with van der Waals surface area (Å²) in [6.45, 7) is 0. The maximum Gasteiger partial charge on any atom is 0.324 e. The van der Waals surface area contributed by atoms with Crippen LogP contribution < -0.4 is 0 Å². The van der Waals surface area contributed by atoms with E-state index in [9.17, 15) is 9.90 Å². The number of carbonyl (C=O) groups is 1. The summed E-state index contributed by atoms with van der Waals surface area (Å²) < 4.78 is -0.757. The lowest BCUT2D eigenvalue weighted by Gasteiger charge is -2.32. The molecular formula is C11H13NO2S. The van der Waals surface area contributed by atoms with Gasteiger partial charge in [0.25, 0.3) is 0 Å². The van der Waals surface area contributed by atoms with Gasteiger partial charge in [0.2, 0.25) is 0 Å². The van der Waals surface area contributed by atoms with Crippen LogP contribution in [0.15, 0.2) is 24.5 Å². The van der Waals surface area contributed by atoms with Gasteiger partial charge in [-0.2, -0.15) is 0 Å². The molecule has 1 N–H and O–H groups in total. The van der Waals surface area contributed by atoms with Gasteiger partial charge < -0.3 is 5.11 Å². The van der Waals surface area contributed by atoms with Crippen LogP contribution in [0, 0.1) is 0 Å². The number of aromatic nitrogens is 1. The Balaban J connectivity index is 2.38. The van der Waals surface area contributed by atoms with Crippen LogP contribution in [0.2, 0.25) is 0 Å². The first kappa shape index (κ1) is 10.5. The molecule has 1 atom stereocenters. The van der Waals surface area contributed by atoms with Crippen molar-refractivity contribution in [2.75, 3.05) is 5.75 Å². The molecule has 1 aromatic heterocycles. The summed E-state index contributed by atoms with van der Waals surface area (Å²) >= 11 is 1.53. The summed E-state index contributed by atoms with van der Waals surface area (Å²) in [5.41, 5.74) is 0.821. The van der Waals surface area contributed by atoms with Crippen molar-refractivity contribution in [3.63, 3.8) is 0 Å². The highest BCUT2D eigenvalue weighted by Crippen LogP contribution is 2.44. The quantitative estimate of drug-likeness (QED) is 0.835. The standard InChI is InChI=1S/C11H13NO2S/c13-10(14)11(5-1-2-7-15-11)9-4-3-6-12-8-9/h3-4,6,8H,1-2,5,7H2,(H,13,14)/t11-/m0/s1. The van der Waals surface area contributed by atoms with Crippen molar-refractivity contribution in [3.05, 3.63) is 30.1 Å². The first-order valence-electron chi connectivity index (χ1n) is 5.03. The number of rotatable bonds is 2. The Hall–Kier alpha value is -1.03. The minimum atomic E-state index is -0.757. The molecule has 2 rings (SSSR count). The van der Waals surface area contributed by atoms with Crippen LogP contribution in [0.25, 0.3) is 0 Å². The Morgan fingerprint density at radius 1 is 1.53 bits per heavy atom. The van der Waals surface area contributed by atoms with Gasteiger partial charge in [0.1, 0.15) is 4.75 Å². The molecule has 3 nitrogen and oxygen atoms in total. The molecule has 0 bridgehead atoms. The fraction of sp³-hybridized carbons (Fsp3) is 0.455. The summed E-state index contributed by atoms with van der Waals surface area (Å²) in [4.78, 5) is 15.4. The molecule has 4 heteroatoms. The Morgan fingerprint density at radius 3 is 2.93 bits per heavy atom. The van der Waals surface area contributed by atoms with Crippen molar-refractivity contribution in [2.45, 2.75) is 24.0 Å². The van der Waals surface area contributed by atoms with E-state index in [4.69, 9.17) is 0 Å². The first-order valence-corrected chi connectivity index (χ1v) is 6.02. The third kappa shape index (κ3) is 1.86. The molecule has 1 aromatic rings. The van der Waals surface area contributed by atoms with Crippen LogP contribution >= 0.6 is 11.8 Å². The number of aliphatic carboxylic acids is 1. The number of carboxylic acid groups (broad SMARTS) is 1. The summed E-state index contributed by atoms with van der Waals surface area (Å²) in [6.07, 6.45) is 6.14. The molecule has 1 aliphatic rings. The van der Waals surface area contributed by atoms with E-state index in [1.807, 2.05) is 6.07 Å². The number of thioether (sulfide) groups is 1. The zero-order valence-electron chi connectivity index (χ0n) is 8.35. The van der Waals surface area contributed by atoms with Crippen LogP contribution in [0.5, 0.6) is 0 Å². The van der Waals surface area contributed by atoms with E-state index < -0.39 is 10.7 Å². The largest absolute Gasteiger partial charge is 0.480 e. The number of hydrogen-bond acceptors (Lipinski definition) is 3. The minimum Gasteiger partial charge on any atom is -0.480 e. The molecule has 1 saturated heterocycles. The lowest BCUT2D eigenvalue weighted by atomic mass is 9.93. The zero-order chi connectivity index (χ0) is 10.7. The molecule has 0 radical (unpaired) electrons. The lowest BCUT2D eigenvalue weighted by Crippen LogP contribution is -2.35. The van der Waals surface area contributed by atoms with Gasteiger partial charge >= 0.3 is 5.97 Å². The summed E-state index contributed by atoms with van der Waals surface area (Å²) in [6, 6.07) is 3.66. The van der Waals surface area contributed by atoms with Crippen LogP contribution in [0.1, 0.15) is 24.8 Å². The molecular weight excluding hydrogens is 210 g/mol. The average Bonchev–Trinajstić information content (AvgIpc) is 2.31. The second-order valence-corrected chi connectivity index (χ2v) is 5.07. The molecule has 0 saturated carbocycles. The highest BCUT2D eigenvalue weighted by atomic mass is 32.2. The Labute approximate surface area is 92.9 Å². The number of hydrogen-bond donors (Lipinski definition) is 1. The molecule has 0 spiro atoms. The van der Waals surface area contributed by atoms with E-state index >= 15 is 0 Å². The Bertz CT molecular complexity index is 347. The van der Waals surface area contributed by atoms with Gasteiger partial charge in [0, 0.05) is 12.4 Å². The number of pyridine rings is 1. The highest BCUT2D eigenvalue weighted by Gasteiger charge is 2.42. The number of carboxylic acids is 1. The van der Waals surface area contributed by atoms with Gasteiger partial charge in [-0.15, -0.1) is 11.8 Å². The number of nitrogens with zero attached hydrogens (tertiary/aromatic N) is 1. The van der Waals surface area contributed by atoms with Crippen molar-refractivity contribution < 1.29 is 9.90 Å². The van der Waals surface area contributed by atoms with Crippen molar-refractivity contribution >= 4 is 17.7 Å². The van der Waals surface area contributed by atoms with E-state index in [0.717, 1.165) is 24.2 Å². The molecule has 0 unspecified atom stereocenters. The maximum atomic E-state index is 11.4. The molecule has 1 aliphatic heterocycles.